The molecule has 18 heavy (non-hydrogen) atoms. The molecule has 0 aromatic heterocycles. The molecule has 1 rings (SSSR count). The molecular formula is C14H18O4. The Labute approximate surface area is 107 Å². The van der Waals surface area contributed by atoms with Crippen molar-refractivity contribution >= 4 is 11.8 Å². The van der Waals surface area contributed by atoms with E-state index < -0.39 is 11.4 Å². The number of rotatable bonds is 5. The second kappa shape index (κ2) is 5.21. The number of ketones is 1. The number of carboxylic acid groups (broad SMARTS) is 1. The number of carbonyl (C=O) groups excluding carboxylic acids is 1. The Morgan fingerprint density at radius 2 is 1.94 bits per heavy atom. The number of carboxylic acids is 1. The molecule has 0 atom stereocenters. The van der Waals surface area contributed by atoms with Crippen molar-refractivity contribution in [2.24, 2.45) is 5.41 Å². The summed E-state index contributed by atoms with van der Waals surface area (Å²) in [6.07, 6.45) is -0.0534. The first-order valence-corrected chi connectivity index (χ1v) is 5.69. The first kappa shape index (κ1) is 14.2. The van der Waals surface area contributed by atoms with Gasteiger partial charge in [-0.15, -0.1) is 0 Å². The molecule has 0 radical (unpaired) electrons. The van der Waals surface area contributed by atoms with Gasteiger partial charge in [-0.05, 0) is 32.9 Å². The lowest BCUT2D eigenvalue weighted by atomic mass is 9.85. The third-order valence-electron chi connectivity index (χ3n) is 2.84. The lowest BCUT2D eigenvalue weighted by molar-refractivity contribution is -0.146. The second-order valence-corrected chi connectivity index (χ2v) is 4.99. The van der Waals surface area contributed by atoms with E-state index in [1.807, 2.05) is 13.0 Å². The van der Waals surface area contributed by atoms with E-state index in [-0.39, 0.29) is 12.2 Å². The van der Waals surface area contributed by atoms with Gasteiger partial charge in [0.1, 0.15) is 5.75 Å². The molecule has 0 aliphatic rings. The van der Waals surface area contributed by atoms with Crippen LogP contribution >= 0.6 is 0 Å². The number of Topliss-reactive ketones (excluding diaryl/α,β-unsaturated/α-hetero) is 1. The van der Waals surface area contributed by atoms with E-state index in [9.17, 15) is 9.59 Å². The second-order valence-electron chi connectivity index (χ2n) is 4.99. The van der Waals surface area contributed by atoms with Crippen LogP contribution in [-0.4, -0.2) is 24.0 Å². The van der Waals surface area contributed by atoms with Gasteiger partial charge in [0.25, 0.3) is 0 Å². The van der Waals surface area contributed by atoms with E-state index in [1.165, 1.54) is 21.0 Å². The molecule has 0 amide bonds. The number of hydrogen-bond donors (Lipinski definition) is 1. The lowest BCUT2D eigenvalue weighted by Crippen LogP contribution is -2.27. The molecule has 4 nitrogen and oxygen atoms in total. The van der Waals surface area contributed by atoms with Gasteiger partial charge < -0.3 is 9.84 Å². The van der Waals surface area contributed by atoms with Crippen molar-refractivity contribution in [1.82, 2.24) is 0 Å². The number of methoxy groups -OCH3 is 1. The highest BCUT2D eigenvalue weighted by Crippen LogP contribution is 2.27. The van der Waals surface area contributed by atoms with Crippen LogP contribution in [0.25, 0.3) is 0 Å². The van der Waals surface area contributed by atoms with E-state index in [4.69, 9.17) is 9.84 Å². The zero-order valence-electron chi connectivity index (χ0n) is 11.1. The number of aliphatic carboxylic acids is 1. The summed E-state index contributed by atoms with van der Waals surface area (Å²) in [4.78, 5) is 23.2. The smallest absolute Gasteiger partial charge is 0.309 e. The Kier molecular flexibility index (Phi) is 4.11. The predicted molar refractivity (Wildman–Crippen MR) is 68.1 cm³/mol. The van der Waals surface area contributed by atoms with Gasteiger partial charge in [-0.1, -0.05) is 11.6 Å². The summed E-state index contributed by atoms with van der Waals surface area (Å²) >= 11 is 0. The Bertz CT molecular complexity index is 475. The summed E-state index contributed by atoms with van der Waals surface area (Å²) in [6.45, 7) is 4.95. The SMILES string of the molecule is COc1ccc(C)cc1C(=O)CC(C)(C)C(=O)O. The number of hydrogen-bond acceptors (Lipinski definition) is 3. The molecule has 0 aliphatic carbocycles. The molecular weight excluding hydrogens is 232 g/mol. The summed E-state index contributed by atoms with van der Waals surface area (Å²) in [7, 11) is 1.49. The molecule has 1 aromatic rings. The van der Waals surface area contributed by atoms with Gasteiger partial charge in [0.2, 0.25) is 0 Å². The number of ether oxygens (including phenoxy) is 1. The van der Waals surface area contributed by atoms with Gasteiger partial charge >= 0.3 is 5.97 Å². The third-order valence-corrected chi connectivity index (χ3v) is 2.84. The zero-order valence-corrected chi connectivity index (χ0v) is 11.1. The minimum Gasteiger partial charge on any atom is -0.496 e. The Hall–Kier alpha value is -1.84. The molecule has 1 aromatic carbocycles. The van der Waals surface area contributed by atoms with Crippen LogP contribution in [0, 0.1) is 12.3 Å². The summed E-state index contributed by atoms with van der Waals surface area (Å²) in [5, 5.41) is 9.03. The maximum absolute atomic E-state index is 12.2. The predicted octanol–water partition coefficient (Wildman–Crippen LogP) is 2.69. The maximum atomic E-state index is 12.2. The highest BCUT2D eigenvalue weighted by Gasteiger charge is 2.31. The van der Waals surface area contributed by atoms with Crippen molar-refractivity contribution in [2.75, 3.05) is 7.11 Å². The minimum absolute atomic E-state index is 0.0534. The molecule has 0 spiro atoms. The molecule has 1 N–H and O–H groups in total. The summed E-state index contributed by atoms with van der Waals surface area (Å²) in [6, 6.07) is 5.29. The van der Waals surface area contributed by atoms with E-state index >= 15 is 0 Å². The van der Waals surface area contributed by atoms with E-state index in [0.717, 1.165) is 5.56 Å². The van der Waals surface area contributed by atoms with Crippen LogP contribution in [-0.2, 0) is 4.79 Å². The Balaban J connectivity index is 3.04. The van der Waals surface area contributed by atoms with Crippen molar-refractivity contribution in [1.29, 1.82) is 0 Å². The van der Waals surface area contributed by atoms with Crippen LogP contribution in [0.5, 0.6) is 5.75 Å². The Morgan fingerprint density at radius 3 is 2.44 bits per heavy atom. The van der Waals surface area contributed by atoms with Crippen LogP contribution in [0.2, 0.25) is 0 Å². The van der Waals surface area contributed by atoms with Crippen molar-refractivity contribution in [3.8, 4) is 5.75 Å². The molecule has 4 heteroatoms. The van der Waals surface area contributed by atoms with Gasteiger partial charge in [0.05, 0.1) is 18.1 Å². The standard InChI is InChI=1S/C14H18O4/c1-9-5-6-12(18-4)10(7-9)11(15)8-14(2,3)13(16)17/h5-7H,8H2,1-4H3,(H,16,17). The quantitative estimate of drug-likeness (QED) is 0.816. The van der Waals surface area contributed by atoms with Crippen molar-refractivity contribution < 1.29 is 19.4 Å². The van der Waals surface area contributed by atoms with Crippen LogP contribution in [0.3, 0.4) is 0 Å². The van der Waals surface area contributed by atoms with Crippen LogP contribution < -0.4 is 4.74 Å². The van der Waals surface area contributed by atoms with Crippen molar-refractivity contribution in [3.63, 3.8) is 0 Å². The van der Waals surface area contributed by atoms with Crippen LogP contribution in [0.15, 0.2) is 18.2 Å². The van der Waals surface area contributed by atoms with Gasteiger partial charge in [0.15, 0.2) is 5.78 Å². The summed E-state index contributed by atoms with van der Waals surface area (Å²) in [5.41, 5.74) is 0.297. The van der Waals surface area contributed by atoms with Crippen molar-refractivity contribution in [3.05, 3.63) is 29.3 Å². The van der Waals surface area contributed by atoms with E-state index in [2.05, 4.69) is 0 Å². The normalized spacial score (nSPS) is 11.1. The summed E-state index contributed by atoms with van der Waals surface area (Å²) < 4.78 is 5.13. The molecule has 98 valence electrons. The van der Waals surface area contributed by atoms with E-state index in [1.54, 1.807) is 12.1 Å². The third kappa shape index (κ3) is 3.09. The largest absolute Gasteiger partial charge is 0.496 e. The molecule has 0 fully saturated rings. The van der Waals surface area contributed by atoms with Crippen molar-refractivity contribution in [2.45, 2.75) is 27.2 Å². The molecule has 0 aliphatic heterocycles. The first-order valence-electron chi connectivity index (χ1n) is 5.69. The average molecular weight is 250 g/mol. The van der Waals surface area contributed by atoms with Gasteiger partial charge in [0, 0.05) is 6.42 Å². The van der Waals surface area contributed by atoms with Gasteiger partial charge in [-0.3, -0.25) is 9.59 Å². The first-order chi connectivity index (χ1) is 8.27. The lowest BCUT2D eigenvalue weighted by Gasteiger charge is -2.18. The molecule has 0 saturated heterocycles. The molecule has 0 heterocycles. The van der Waals surface area contributed by atoms with Gasteiger partial charge in [-0.25, -0.2) is 0 Å². The van der Waals surface area contributed by atoms with Gasteiger partial charge in [-0.2, -0.15) is 0 Å². The fourth-order valence-corrected chi connectivity index (χ4v) is 1.61. The Morgan fingerprint density at radius 1 is 1.33 bits per heavy atom. The highest BCUT2D eigenvalue weighted by molar-refractivity contribution is 6.01. The maximum Gasteiger partial charge on any atom is 0.309 e. The fourth-order valence-electron chi connectivity index (χ4n) is 1.61. The van der Waals surface area contributed by atoms with Crippen LogP contribution in [0.4, 0.5) is 0 Å². The molecule has 0 saturated carbocycles. The monoisotopic (exact) mass is 250 g/mol. The zero-order chi connectivity index (χ0) is 13.9. The topological polar surface area (TPSA) is 63.6 Å². The van der Waals surface area contributed by atoms with Crippen LogP contribution in [0.1, 0.15) is 36.2 Å². The highest BCUT2D eigenvalue weighted by atomic mass is 16.5. The van der Waals surface area contributed by atoms with E-state index in [0.29, 0.717) is 11.3 Å². The number of aryl methyl sites for hydroxylation is 1. The summed E-state index contributed by atoms with van der Waals surface area (Å²) in [5.74, 6) is -0.725. The number of carbonyl (C=O) groups is 2. The molecule has 0 unspecified atom stereocenters. The average Bonchev–Trinajstić information content (AvgIpc) is 2.28. The number of benzene rings is 1. The molecule has 0 bridgehead atoms. The minimum atomic E-state index is -1.08. The fraction of sp³-hybridized carbons (Fsp3) is 0.429.